The van der Waals surface area contributed by atoms with Crippen LogP contribution in [0.25, 0.3) is 0 Å². The first-order chi connectivity index (χ1) is 11.9. The van der Waals surface area contributed by atoms with Crippen LogP contribution in [0.15, 0.2) is 11.8 Å². The van der Waals surface area contributed by atoms with E-state index in [1.54, 1.807) is 0 Å². The molecule has 148 valence electrons. The van der Waals surface area contributed by atoms with E-state index in [4.69, 9.17) is 14.2 Å². The van der Waals surface area contributed by atoms with Gasteiger partial charge < -0.3 is 24.4 Å². The zero-order valence-corrected chi connectivity index (χ0v) is 17.3. The van der Waals surface area contributed by atoms with Crippen molar-refractivity contribution in [2.45, 2.75) is 109 Å². The Balaban J connectivity index is 1.97. The minimum absolute atomic E-state index is 0.0553. The summed E-state index contributed by atoms with van der Waals surface area (Å²) in [7, 11) is 0. The predicted molar refractivity (Wildman–Crippen MR) is 99.9 cm³/mol. The summed E-state index contributed by atoms with van der Waals surface area (Å²) in [6, 6.07) is 0.432. The summed E-state index contributed by atoms with van der Waals surface area (Å²) in [5, 5.41) is 2.97. The molecule has 6 heteroatoms. The van der Waals surface area contributed by atoms with Gasteiger partial charge >= 0.3 is 6.09 Å². The number of allylic oxidation sites excluding steroid dienone is 1. The lowest BCUT2D eigenvalue weighted by molar-refractivity contribution is -0.223. The van der Waals surface area contributed by atoms with Gasteiger partial charge in [0.15, 0.2) is 6.10 Å². The molecule has 6 nitrogen and oxygen atoms in total. The van der Waals surface area contributed by atoms with Crippen LogP contribution in [0, 0.1) is 0 Å². The van der Waals surface area contributed by atoms with Crippen molar-refractivity contribution < 1.29 is 19.0 Å². The van der Waals surface area contributed by atoms with Gasteiger partial charge in [-0.2, -0.15) is 0 Å². The van der Waals surface area contributed by atoms with Crippen LogP contribution in [-0.2, 0) is 14.2 Å². The summed E-state index contributed by atoms with van der Waals surface area (Å²) >= 11 is 0. The second kappa shape index (κ2) is 6.41. The van der Waals surface area contributed by atoms with Gasteiger partial charge in [-0.15, -0.1) is 0 Å². The van der Waals surface area contributed by atoms with Gasteiger partial charge in [0.2, 0.25) is 0 Å². The van der Waals surface area contributed by atoms with Crippen LogP contribution >= 0.6 is 0 Å². The van der Waals surface area contributed by atoms with Crippen molar-refractivity contribution in [3.8, 4) is 0 Å². The second-order valence-electron chi connectivity index (χ2n) is 9.77. The molecule has 1 saturated heterocycles. The molecule has 2 aliphatic heterocycles. The Bertz CT molecular complexity index is 590. The smallest absolute Gasteiger partial charge is 0.407 e. The summed E-state index contributed by atoms with van der Waals surface area (Å²) in [6.07, 6.45) is 1.85. The molecule has 0 spiro atoms. The number of rotatable bonds is 3. The average molecular weight is 367 g/mol. The molecule has 1 saturated carbocycles. The molecular weight excluding hydrogens is 332 g/mol. The van der Waals surface area contributed by atoms with E-state index in [0.717, 1.165) is 6.42 Å². The third-order valence-electron chi connectivity index (χ3n) is 5.13. The van der Waals surface area contributed by atoms with E-state index in [0.29, 0.717) is 6.04 Å². The first-order valence-corrected chi connectivity index (χ1v) is 9.65. The normalized spacial score (nSPS) is 37.5. The van der Waals surface area contributed by atoms with Gasteiger partial charge in [0.1, 0.15) is 12.2 Å². The van der Waals surface area contributed by atoms with Gasteiger partial charge in [-0.1, -0.05) is 0 Å². The Labute approximate surface area is 157 Å². The van der Waals surface area contributed by atoms with Crippen molar-refractivity contribution in [1.29, 1.82) is 0 Å². The molecule has 2 heterocycles. The summed E-state index contributed by atoms with van der Waals surface area (Å²) < 4.78 is 18.6. The quantitative estimate of drug-likeness (QED) is 0.831. The lowest BCUT2D eigenvalue weighted by Crippen LogP contribution is -2.66. The number of hydrogen-bond donors (Lipinski definition) is 1. The van der Waals surface area contributed by atoms with Crippen LogP contribution in [-0.4, -0.2) is 58.6 Å². The number of fused-ring (bicyclic) bond motifs is 1. The van der Waals surface area contributed by atoms with Gasteiger partial charge in [0, 0.05) is 11.7 Å². The third-order valence-corrected chi connectivity index (χ3v) is 5.13. The zero-order chi connectivity index (χ0) is 19.4. The molecule has 0 aromatic heterocycles. The number of alkyl carbamates (subject to hydrolysis) is 1. The number of carbonyl (C=O) groups excluding carboxylic acids is 1. The Morgan fingerprint density at radius 1 is 1.12 bits per heavy atom. The Kier molecular flexibility index (Phi) is 4.81. The molecule has 3 rings (SSSR count). The highest BCUT2D eigenvalue weighted by Gasteiger charge is 2.56. The number of carbonyl (C=O) groups is 1. The summed E-state index contributed by atoms with van der Waals surface area (Å²) in [5.74, 6) is 0. The highest BCUT2D eigenvalue weighted by atomic mass is 16.6. The van der Waals surface area contributed by atoms with E-state index in [9.17, 15) is 4.79 Å². The van der Waals surface area contributed by atoms with Crippen molar-refractivity contribution in [2.75, 3.05) is 0 Å². The minimum atomic E-state index is -0.364. The Hall–Kier alpha value is -1.27. The second-order valence-corrected chi connectivity index (χ2v) is 9.77. The van der Waals surface area contributed by atoms with Crippen LogP contribution in [0.3, 0.4) is 0 Å². The molecule has 3 aliphatic rings. The number of ether oxygens (including phenoxy) is 3. The van der Waals surface area contributed by atoms with Crippen LogP contribution in [0.2, 0.25) is 0 Å². The molecule has 26 heavy (non-hydrogen) atoms. The fraction of sp³-hybridized carbons (Fsp3) is 0.850. The van der Waals surface area contributed by atoms with Gasteiger partial charge in [-0.25, -0.2) is 4.79 Å². The SMILES string of the molecule is CC1=CC(C)N1C1CC2NC(=O)OC2C(OC(C)(C)C)C1OC(C)(C)C. The lowest BCUT2D eigenvalue weighted by atomic mass is 9.80. The highest BCUT2D eigenvalue weighted by molar-refractivity contribution is 5.70. The first-order valence-electron chi connectivity index (χ1n) is 9.65. The zero-order valence-electron chi connectivity index (χ0n) is 17.3. The van der Waals surface area contributed by atoms with Crippen molar-refractivity contribution in [3.05, 3.63) is 11.8 Å². The molecule has 6 unspecified atom stereocenters. The van der Waals surface area contributed by atoms with Crippen LogP contribution in [0.1, 0.15) is 61.8 Å². The van der Waals surface area contributed by atoms with E-state index in [1.807, 2.05) is 20.8 Å². The maximum atomic E-state index is 11.9. The molecule has 0 aromatic carbocycles. The number of hydrogen-bond acceptors (Lipinski definition) is 5. The third kappa shape index (κ3) is 3.86. The Morgan fingerprint density at radius 3 is 2.19 bits per heavy atom. The molecule has 6 atom stereocenters. The molecule has 0 bridgehead atoms. The van der Waals surface area contributed by atoms with E-state index >= 15 is 0 Å². The number of nitrogens with one attached hydrogen (secondary N) is 1. The lowest BCUT2D eigenvalue weighted by Gasteiger charge is -2.54. The number of nitrogens with zero attached hydrogens (tertiary/aromatic N) is 1. The largest absolute Gasteiger partial charge is 0.441 e. The molecule has 1 N–H and O–H groups in total. The summed E-state index contributed by atoms with van der Waals surface area (Å²) in [6.45, 7) is 16.6. The van der Waals surface area contributed by atoms with E-state index in [-0.39, 0.29) is 47.7 Å². The topological polar surface area (TPSA) is 60.0 Å². The van der Waals surface area contributed by atoms with Crippen LogP contribution in [0.5, 0.6) is 0 Å². The Morgan fingerprint density at radius 2 is 1.69 bits per heavy atom. The standard InChI is InChI=1S/C20H34N2O4/c1-11-9-12(2)22(11)14-10-13-15(24-18(23)21-13)17(26-20(6,7)8)16(14)25-19(3,4)5/h9,11,13-17H,10H2,1-8H3,(H,21,23). The van der Waals surface area contributed by atoms with Crippen LogP contribution < -0.4 is 5.32 Å². The van der Waals surface area contributed by atoms with E-state index < -0.39 is 0 Å². The maximum Gasteiger partial charge on any atom is 0.407 e. The minimum Gasteiger partial charge on any atom is -0.441 e. The molecule has 0 radical (unpaired) electrons. The molecule has 2 fully saturated rings. The van der Waals surface area contributed by atoms with Crippen LogP contribution in [0.4, 0.5) is 4.79 Å². The molecule has 1 amide bonds. The predicted octanol–water partition coefficient (Wildman–Crippen LogP) is 3.21. The van der Waals surface area contributed by atoms with Gasteiger partial charge in [0.05, 0.1) is 23.3 Å². The molecule has 0 aromatic rings. The van der Waals surface area contributed by atoms with E-state index in [1.165, 1.54) is 5.70 Å². The fourth-order valence-corrected chi connectivity index (χ4v) is 4.45. The average Bonchev–Trinajstić information content (AvgIpc) is 2.80. The summed E-state index contributed by atoms with van der Waals surface area (Å²) in [5.41, 5.74) is 0.567. The molecular formula is C20H34N2O4. The van der Waals surface area contributed by atoms with Crippen molar-refractivity contribution in [1.82, 2.24) is 10.2 Å². The monoisotopic (exact) mass is 366 g/mol. The first kappa shape index (κ1) is 19.5. The van der Waals surface area contributed by atoms with Gasteiger partial charge in [-0.3, -0.25) is 0 Å². The highest BCUT2D eigenvalue weighted by Crippen LogP contribution is 2.40. The summed E-state index contributed by atoms with van der Waals surface area (Å²) in [4.78, 5) is 14.3. The van der Waals surface area contributed by atoms with Crippen molar-refractivity contribution >= 4 is 6.09 Å². The van der Waals surface area contributed by atoms with E-state index in [2.05, 4.69) is 50.9 Å². The van der Waals surface area contributed by atoms with Crippen molar-refractivity contribution in [2.24, 2.45) is 0 Å². The maximum absolute atomic E-state index is 11.9. The van der Waals surface area contributed by atoms with Gasteiger partial charge in [-0.05, 0) is 67.9 Å². The number of amides is 1. The molecule has 1 aliphatic carbocycles. The van der Waals surface area contributed by atoms with Crippen molar-refractivity contribution in [3.63, 3.8) is 0 Å². The fourth-order valence-electron chi connectivity index (χ4n) is 4.45. The van der Waals surface area contributed by atoms with Gasteiger partial charge in [0.25, 0.3) is 0 Å².